The summed E-state index contributed by atoms with van der Waals surface area (Å²) in [6, 6.07) is 10.7. The van der Waals surface area contributed by atoms with Crippen molar-refractivity contribution in [3.8, 4) is 5.75 Å². The highest BCUT2D eigenvalue weighted by atomic mass is 35.5. The number of carbonyl (C=O) groups is 1. The van der Waals surface area contributed by atoms with Gasteiger partial charge >= 0.3 is 0 Å². The lowest BCUT2D eigenvalue weighted by Crippen LogP contribution is -2.28. The Morgan fingerprint density at radius 2 is 2.04 bits per heavy atom. The Hall–Kier alpha value is -2.80. The first-order chi connectivity index (χ1) is 12.2. The molecular weight excluding hydrogens is 342 g/mol. The van der Waals surface area contributed by atoms with Crippen LogP contribution in [0.4, 0.5) is 0 Å². The Labute approximate surface area is 150 Å². The Balaban J connectivity index is 1.50. The first-order valence-electron chi connectivity index (χ1n) is 7.89. The van der Waals surface area contributed by atoms with Crippen molar-refractivity contribution in [2.24, 2.45) is 0 Å². The van der Waals surface area contributed by atoms with Gasteiger partial charge in [-0.05, 0) is 30.7 Å². The summed E-state index contributed by atoms with van der Waals surface area (Å²) in [5, 5.41) is 11.6. The van der Waals surface area contributed by atoms with E-state index >= 15 is 0 Å². The highest BCUT2D eigenvalue weighted by molar-refractivity contribution is 6.32. The van der Waals surface area contributed by atoms with Crippen molar-refractivity contribution < 1.29 is 9.53 Å². The van der Waals surface area contributed by atoms with E-state index in [-0.39, 0.29) is 12.6 Å². The molecule has 1 aromatic carbocycles. The number of amides is 1. The van der Waals surface area contributed by atoms with Gasteiger partial charge in [-0.3, -0.25) is 9.48 Å². The molecule has 7 nitrogen and oxygen atoms in total. The van der Waals surface area contributed by atoms with Crippen LogP contribution in [0.25, 0.3) is 0 Å². The van der Waals surface area contributed by atoms with Crippen LogP contribution in [0.3, 0.4) is 0 Å². The molecule has 0 spiro atoms. The molecule has 0 bridgehead atoms. The van der Waals surface area contributed by atoms with Gasteiger partial charge in [0.15, 0.2) is 6.73 Å². The Morgan fingerprint density at radius 1 is 1.16 bits per heavy atom. The fourth-order valence-corrected chi connectivity index (χ4v) is 2.48. The minimum absolute atomic E-state index is 0.104. The summed E-state index contributed by atoms with van der Waals surface area (Å²) in [6.45, 7) is 1.41. The van der Waals surface area contributed by atoms with Crippen LogP contribution < -0.4 is 10.1 Å². The second kappa shape index (κ2) is 8.34. The minimum Gasteiger partial charge on any atom is -0.470 e. The van der Waals surface area contributed by atoms with E-state index in [9.17, 15) is 4.79 Å². The van der Waals surface area contributed by atoms with Crippen molar-refractivity contribution in [3.05, 3.63) is 65.7 Å². The van der Waals surface area contributed by atoms with Crippen LogP contribution in [0.15, 0.2) is 55.0 Å². The first kappa shape index (κ1) is 17.0. The molecule has 0 radical (unpaired) electrons. The third kappa shape index (κ3) is 4.60. The summed E-state index contributed by atoms with van der Waals surface area (Å²) in [4.78, 5) is 12.3. The molecule has 1 amide bonds. The van der Waals surface area contributed by atoms with Gasteiger partial charge in [-0.25, -0.2) is 4.68 Å². The lowest BCUT2D eigenvalue weighted by atomic mass is 10.3. The molecule has 2 aromatic heterocycles. The zero-order chi connectivity index (χ0) is 17.5. The van der Waals surface area contributed by atoms with Crippen LogP contribution in [0, 0.1) is 0 Å². The quantitative estimate of drug-likeness (QED) is 0.627. The predicted octanol–water partition coefficient (Wildman–Crippen LogP) is 2.59. The number of benzene rings is 1. The van der Waals surface area contributed by atoms with E-state index in [1.165, 1.54) is 4.68 Å². The molecule has 130 valence electrons. The molecule has 3 rings (SSSR count). The van der Waals surface area contributed by atoms with E-state index in [0.29, 0.717) is 23.0 Å². The fraction of sp³-hybridized carbons (Fsp3) is 0.235. The van der Waals surface area contributed by atoms with Crippen LogP contribution >= 0.6 is 11.6 Å². The average Bonchev–Trinajstić information content (AvgIpc) is 3.29. The van der Waals surface area contributed by atoms with Gasteiger partial charge in [0.05, 0.1) is 5.02 Å². The molecule has 0 aliphatic carbocycles. The molecule has 0 atom stereocenters. The SMILES string of the molecule is O=C(NCCCn1cccn1)c1ccnn1COc1ccccc1Cl. The minimum atomic E-state index is -0.194. The number of hydrogen-bond acceptors (Lipinski definition) is 4. The molecule has 0 aliphatic rings. The van der Waals surface area contributed by atoms with Gasteiger partial charge in [0, 0.05) is 31.7 Å². The van der Waals surface area contributed by atoms with Crippen LogP contribution in [0.5, 0.6) is 5.75 Å². The summed E-state index contributed by atoms with van der Waals surface area (Å²) >= 11 is 6.05. The second-order valence-corrected chi connectivity index (χ2v) is 5.71. The third-order valence-electron chi connectivity index (χ3n) is 3.54. The van der Waals surface area contributed by atoms with Crippen molar-refractivity contribution in [3.63, 3.8) is 0 Å². The summed E-state index contributed by atoms with van der Waals surface area (Å²) in [5.41, 5.74) is 0.436. The summed E-state index contributed by atoms with van der Waals surface area (Å²) in [5.74, 6) is 0.353. The van der Waals surface area contributed by atoms with Crippen molar-refractivity contribution in [1.29, 1.82) is 0 Å². The highest BCUT2D eigenvalue weighted by Crippen LogP contribution is 2.23. The fourth-order valence-electron chi connectivity index (χ4n) is 2.29. The normalized spacial score (nSPS) is 10.6. The van der Waals surface area contributed by atoms with E-state index in [1.54, 1.807) is 30.6 Å². The number of carbonyl (C=O) groups excluding carboxylic acids is 1. The number of ether oxygens (including phenoxy) is 1. The Kier molecular flexibility index (Phi) is 5.69. The molecule has 3 aromatic rings. The maximum absolute atomic E-state index is 12.3. The van der Waals surface area contributed by atoms with Crippen LogP contribution in [0.1, 0.15) is 16.9 Å². The molecule has 1 N–H and O–H groups in total. The van der Waals surface area contributed by atoms with E-state index in [1.807, 2.05) is 29.1 Å². The standard InChI is InChI=1S/C17H18ClN5O2/c18-14-5-1-2-6-16(14)25-13-23-15(7-10-21-23)17(24)19-8-3-11-22-12-4-9-20-22/h1-2,4-7,9-10,12H,3,8,11,13H2,(H,19,24). The average molecular weight is 360 g/mol. The Morgan fingerprint density at radius 3 is 2.84 bits per heavy atom. The van der Waals surface area contributed by atoms with Crippen molar-refractivity contribution in [2.75, 3.05) is 6.54 Å². The third-order valence-corrected chi connectivity index (χ3v) is 3.85. The number of rotatable bonds is 8. The van der Waals surface area contributed by atoms with Gasteiger partial charge in [0.25, 0.3) is 5.91 Å². The van der Waals surface area contributed by atoms with Gasteiger partial charge in [0.1, 0.15) is 11.4 Å². The van der Waals surface area contributed by atoms with E-state index in [2.05, 4.69) is 15.5 Å². The van der Waals surface area contributed by atoms with Gasteiger partial charge in [-0.15, -0.1) is 0 Å². The van der Waals surface area contributed by atoms with Crippen molar-refractivity contribution in [2.45, 2.75) is 19.7 Å². The number of aryl methyl sites for hydroxylation is 1. The molecular formula is C17H18ClN5O2. The summed E-state index contributed by atoms with van der Waals surface area (Å²) in [7, 11) is 0. The molecule has 0 fully saturated rings. The number of aromatic nitrogens is 4. The summed E-state index contributed by atoms with van der Waals surface area (Å²) < 4.78 is 8.94. The van der Waals surface area contributed by atoms with E-state index < -0.39 is 0 Å². The topological polar surface area (TPSA) is 74.0 Å². The largest absolute Gasteiger partial charge is 0.470 e. The van der Waals surface area contributed by atoms with Gasteiger partial charge < -0.3 is 10.1 Å². The second-order valence-electron chi connectivity index (χ2n) is 5.30. The maximum Gasteiger partial charge on any atom is 0.269 e. The monoisotopic (exact) mass is 359 g/mol. The zero-order valence-corrected chi connectivity index (χ0v) is 14.3. The van der Waals surface area contributed by atoms with E-state index in [0.717, 1.165) is 13.0 Å². The van der Waals surface area contributed by atoms with Crippen molar-refractivity contribution >= 4 is 17.5 Å². The molecule has 0 saturated heterocycles. The van der Waals surface area contributed by atoms with Crippen molar-refractivity contribution in [1.82, 2.24) is 24.9 Å². The lowest BCUT2D eigenvalue weighted by molar-refractivity contribution is 0.0931. The van der Waals surface area contributed by atoms with Crippen LogP contribution in [-0.4, -0.2) is 32.0 Å². The summed E-state index contributed by atoms with van der Waals surface area (Å²) in [6.07, 6.45) is 5.98. The molecule has 0 unspecified atom stereocenters. The zero-order valence-electron chi connectivity index (χ0n) is 13.5. The van der Waals surface area contributed by atoms with Crippen LogP contribution in [-0.2, 0) is 13.3 Å². The highest BCUT2D eigenvalue weighted by Gasteiger charge is 2.12. The van der Waals surface area contributed by atoms with E-state index in [4.69, 9.17) is 16.3 Å². The molecule has 0 saturated carbocycles. The molecule has 0 aliphatic heterocycles. The number of hydrogen-bond donors (Lipinski definition) is 1. The van der Waals surface area contributed by atoms with Gasteiger partial charge in [-0.2, -0.15) is 10.2 Å². The smallest absolute Gasteiger partial charge is 0.269 e. The Bertz CT molecular complexity index is 816. The maximum atomic E-state index is 12.3. The number of nitrogens with one attached hydrogen (secondary N) is 1. The number of para-hydroxylation sites is 1. The molecule has 2 heterocycles. The first-order valence-corrected chi connectivity index (χ1v) is 8.26. The van der Waals surface area contributed by atoms with Crippen LogP contribution in [0.2, 0.25) is 5.02 Å². The molecule has 8 heteroatoms. The predicted molar refractivity (Wildman–Crippen MR) is 93.5 cm³/mol. The molecule has 25 heavy (non-hydrogen) atoms. The van der Waals surface area contributed by atoms with Gasteiger partial charge in [0.2, 0.25) is 0 Å². The van der Waals surface area contributed by atoms with Gasteiger partial charge in [-0.1, -0.05) is 23.7 Å². The lowest BCUT2D eigenvalue weighted by Gasteiger charge is -2.11. The number of halogens is 1. The number of nitrogens with zero attached hydrogens (tertiary/aromatic N) is 4.